The van der Waals surface area contributed by atoms with Crippen molar-refractivity contribution in [2.75, 3.05) is 27.3 Å². The van der Waals surface area contributed by atoms with Gasteiger partial charge in [0, 0.05) is 25.6 Å². The van der Waals surface area contributed by atoms with E-state index in [-0.39, 0.29) is 37.8 Å². The number of halogens is 1. The second kappa shape index (κ2) is 9.41. The zero-order valence-electron chi connectivity index (χ0n) is 11.6. The zero-order chi connectivity index (χ0) is 14.3. The minimum atomic E-state index is -0.828. The summed E-state index contributed by atoms with van der Waals surface area (Å²) >= 11 is 0. The molecule has 0 aliphatic carbocycles. The van der Waals surface area contributed by atoms with Crippen LogP contribution in [-0.2, 0) is 4.79 Å². The number of rotatable bonds is 7. The molecule has 114 valence electrons. The third-order valence-corrected chi connectivity index (χ3v) is 2.62. The van der Waals surface area contributed by atoms with Gasteiger partial charge in [-0.1, -0.05) is 0 Å². The summed E-state index contributed by atoms with van der Waals surface area (Å²) in [5.74, 6) is 0.986. The molecule has 6 nitrogen and oxygen atoms in total. The number of benzene rings is 1. The van der Waals surface area contributed by atoms with E-state index in [1.165, 1.54) is 14.2 Å². The number of aliphatic hydroxyl groups is 1. The predicted octanol–water partition coefficient (Wildman–Crippen LogP) is 0.624. The molecule has 0 spiro atoms. The Bertz CT molecular complexity index is 407. The lowest BCUT2D eigenvalue weighted by Gasteiger charge is -2.14. The van der Waals surface area contributed by atoms with Crippen LogP contribution in [0, 0.1) is 0 Å². The van der Waals surface area contributed by atoms with Gasteiger partial charge in [-0.2, -0.15) is 0 Å². The lowest BCUT2D eigenvalue weighted by Crippen LogP contribution is -2.29. The Morgan fingerprint density at radius 2 is 1.85 bits per heavy atom. The summed E-state index contributed by atoms with van der Waals surface area (Å²) in [6.45, 7) is 0.407. The number of nitrogens with one attached hydrogen (secondary N) is 1. The predicted molar refractivity (Wildman–Crippen MR) is 78.4 cm³/mol. The van der Waals surface area contributed by atoms with Crippen LogP contribution in [0.25, 0.3) is 0 Å². The van der Waals surface area contributed by atoms with Gasteiger partial charge in [0.1, 0.15) is 11.5 Å². The normalized spacial score (nSPS) is 11.2. The smallest absolute Gasteiger partial charge is 0.221 e. The maximum absolute atomic E-state index is 11.3. The lowest BCUT2D eigenvalue weighted by atomic mass is 10.1. The highest BCUT2D eigenvalue weighted by molar-refractivity contribution is 5.85. The van der Waals surface area contributed by atoms with Crippen molar-refractivity contribution in [3.05, 3.63) is 23.8 Å². The second-order valence-electron chi connectivity index (χ2n) is 4.00. The van der Waals surface area contributed by atoms with Crippen LogP contribution in [0.15, 0.2) is 18.2 Å². The van der Waals surface area contributed by atoms with Crippen molar-refractivity contribution in [3.63, 3.8) is 0 Å². The van der Waals surface area contributed by atoms with Crippen molar-refractivity contribution in [2.24, 2.45) is 5.73 Å². The zero-order valence-corrected chi connectivity index (χ0v) is 12.4. The van der Waals surface area contributed by atoms with E-state index in [0.717, 1.165) is 0 Å². The maximum atomic E-state index is 11.3. The number of amides is 1. The Morgan fingerprint density at radius 3 is 2.30 bits per heavy atom. The van der Waals surface area contributed by atoms with Gasteiger partial charge >= 0.3 is 0 Å². The van der Waals surface area contributed by atoms with Gasteiger partial charge in [0.25, 0.3) is 0 Å². The first-order chi connectivity index (χ1) is 9.10. The molecule has 0 aliphatic heterocycles. The third kappa shape index (κ3) is 5.64. The number of nitrogens with two attached hydrogens (primary N) is 1. The first-order valence-corrected chi connectivity index (χ1v) is 5.98. The van der Waals surface area contributed by atoms with Gasteiger partial charge < -0.3 is 25.6 Å². The molecule has 1 aromatic rings. The van der Waals surface area contributed by atoms with E-state index in [4.69, 9.17) is 15.2 Å². The van der Waals surface area contributed by atoms with Crippen LogP contribution >= 0.6 is 12.4 Å². The van der Waals surface area contributed by atoms with E-state index in [0.29, 0.717) is 17.1 Å². The molecule has 4 N–H and O–H groups in total. The molecule has 0 aromatic heterocycles. The summed E-state index contributed by atoms with van der Waals surface area (Å²) in [5, 5.41) is 12.6. The number of aliphatic hydroxyl groups excluding tert-OH is 1. The average molecular weight is 305 g/mol. The molecule has 0 heterocycles. The number of carbonyl (C=O) groups is 1. The molecule has 0 saturated heterocycles. The molecule has 1 unspecified atom stereocenters. The quantitative estimate of drug-likeness (QED) is 0.687. The van der Waals surface area contributed by atoms with Crippen LogP contribution in [0.3, 0.4) is 0 Å². The van der Waals surface area contributed by atoms with Crippen LogP contribution in [0.4, 0.5) is 0 Å². The summed E-state index contributed by atoms with van der Waals surface area (Å²) in [6.07, 6.45) is -0.584. The molecule has 0 saturated carbocycles. The maximum Gasteiger partial charge on any atom is 0.221 e. The standard InChI is InChI=1S/C13H20N2O4.ClH/c1-18-10-5-9(6-11(7-10)19-2)12(16)8-15-13(17)3-4-14;/h5-7,12,16H,3-4,8,14H2,1-2H3,(H,15,17);1H. The summed E-state index contributed by atoms with van der Waals surface area (Å²) in [5.41, 5.74) is 5.88. The molecule has 1 amide bonds. The number of ether oxygens (including phenoxy) is 2. The average Bonchev–Trinajstić information content (AvgIpc) is 2.44. The Morgan fingerprint density at radius 1 is 1.30 bits per heavy atom. The molecular weight excluding hydrogens is 284 g/mol. The van der Waals surface area contributed by atoms with Gasteiger partial charge in [0.05, 0.1) is 20.3 Å². The number of hydrogen-bond acceptors (Lipinski definition) is 5. The van der Waals surface area contributed by atoms with Gasteiger partial charge in [-0.25, -0.2) is 0 Å². The first kappa shape index (κ1) is 18.5. The van der Waals surface area contributed by atoms with Crippen LogP contribution in [0.2, 0.25) is 0 Å². The SMILES string of the molecule is COc1cc(OC)cc(C(O)CNC(=O)CCN)c1.Cl. The fourth-order valence-electron chi connectivity index (χ4n) is 1.57. The summed E-state index contributed by atoms with van der Waals surface area (Å²) < 4.78 is 10.2. The van der Waals surface area contributed by atoms with Gasteiger partial charge in [0.15, 0.2) is 0 Å². The van der Waals surface area contributed by atoms with Crippen molar-refractivity contribution < 1.29 is 19.4 Å². The van der Waals surface area contributed by atoms with E-state index < -0.39 is 6.10 Å². The van der Waals surface area contributed by atoms with E-state index >= 15 is 0 Å². The van der Waals surface area contributed by atoms with Crippen molar-refractivity contribution in [3.8, 4) is 11.5 Å². The highest BCUT2D eigenvalue weighted by Gasteiger charge is 2.12. The van der Waals surface area contributed by atoms with Crippen molar-refractivity contribution in [1.82, 2.24) is 5.32 Å². The van der Waals surface area contributed by atoms with Gasteiger partial charge in [-0.3, -0.25) is 4.79 Å². The Hall–Kier alpha value is -1.50. The van der Waals surface area contributed by atoms with Crippen molar-refractivity contribution in [1.29, 1.82) is 0 Å². The van der Waals surface area contributed by atoms with Gasteiger partial charge in [-0.15, -0.1) is 12.4 Å². The monoisotopic (exact) mass is 304 g/mol. The van der Waals surface area contributed by atoms with Crippen LogP contribution in [0.1, 0.15) is 18.1 Å². The molecular formula is C13H21ClN2O4. The molecule has 1 rings (SSSR count). The lowest BCUT2D eigenvalue weighted by molar-refractivity contribution is -0.121. The van der Waals surface area contributed by atoms with E-state index in [1.807, 2.05) is 0 Å². The highest BCUT2D eigenvalue weighted by Crippen LogP contribution is 2.26. The van der Waals surface area contributed by atoms with Crippen LogP contribution in [-0.4, -0.2) is 38.3 Å². The van der Waals surface area contributed by atoms with Crippen molar-refractivity contribution in [2.45, 2.75) is 12.5 Å². The number of methoxy groups -OCH3 is 2. The summed E-state index contributed by atoms with van der Waals surface area (Å²) in [7, 11) is 3.07. The largest absolute Gasteiger partial charge is 0.497 e. The Labute approximate surface area is 124 Å². The fraction of sp³-hybridized carbons (Fsp3) is 0.462. The van der Waals surface area contributed by atoms with E-state index in [2.05, 4.69) is 5.32 Å². The molecule has 1 atom stereocenters. The molecule has 1 aromatic carbocycles. The Kier molecular flexibility index (Phi) is 8.71. The molecule has 20 heavy (non-hydrogen) atoms. The minimum absolute atomic E-state index is 0. The van der Waals surface area contributed by atoms with Crippen LogP contribution < -0.4 is 20.5 Å². The van der Waals surface area contributed by atoms with E-state index in [9.17, 15) is 9.90 Å². The third-order valence-electron chi connectivity index (χ3n) is 2.62. The van der Waals surface area contributed by atoms with Crippen LogP contribution in [0.5, 0.6) is 11.5 Å². The molecule has 0 aliphatic rings. The Balaban J connectivity index is 0.00000361. The molecule has 0 radical (unpaired) electrons. The van der Waals surface area contributed by atoms with Crippen molar-refractivity contribution >= 4 is 18.3 Å². The van der Waals surface area contributed by atoms with Gasteiger partial charge in [0.2, 0.25) is 5.91 Å². The number of hydrogen-bond donors (Lipinski definition) is 3. The number of carbonyl (C=O) groups excluding carboxylic acids is 1. The minimum Gasteiger partial charge on any atom is -0.497 e. The fourth-order valence-corrected chi connectivity index (χ4v) is 1.57. The first-order valence-electron chi connectivity index (χ1n) is 5.98. The topological polar surface area (TPSA) is 93.8 Å². The molecule has 0 bridgehead atoms. The van der Waals surface area contributed by atoms with E-state index in [1.54, 1.807) is 18.2 Å². The summed E-state index contributed by atoms with van der Waals surface area (Å²) in [4.78, 5) is 11.3. The second-order valence-corrected chi connectivity index (χ2v) is 4.00. The summed E-state index contributed by atoms with van der Waals surface area (Å²) in [6, 6.07) is 5.10. The molecule has 7 heteroatoms. The van der Waals surface area contributed by atoms with Gasteiger partial charge in [-0.05, 0) is 17.7 Å². The highest BCUT2D eigenvalue weighted by atomic mass is 35.5. The molecule has 0 fully saturated rings.